The van der Waals surface area contributed by atoms with E-state index in [-0.39, 0.29) is 5.91 Å². The van der Waals surface area contributed by atoms with Crippen LogP contribution >= 0.6 is 0 Å². The second-order valence-corrected chi connectivity index (χ2v) is 7.62. The molecule has 1 aliphatic rings. The number of benzene rings is 2. The maximum atomic E-state index is 11.6. The summed E-state index contributed by atoms with van der Waals surface area (Å²) in [6, 6.07) is 16.8. The first-order valence-corrected chi connectivity index (χ1v) is 12.2. The number of carbonyl (C=O) groups is 2. The molecule has 2 amide bonds. The normalized spacial score (nSPS) is 11.5. The lowest BCUT2D eigenvalue weighted by Gasteiger charge is -2.27. The highest BCUT2D eigenvalue weighted by molar-refractivity contribution is 6.10. The van der Waals surface area contributed by atoms with Crippen molar-refractivity contribution in [2.45, 2.75) is 66.9 Å². The van der Waals surface area contributed by atoms with E-state index in [0.717, 1.165) is 32.5 Å². The molecule has 0 unspecified atom stereocenters. The molecule has 2 aromatic carbocycles. The Morgan fingerprint density at radius 2 is 1.74 bits per heavy atom. The third kappa shape index (κ3) is 7.51. The van der Waals surface area contributed by atoms with Crippen molar-refractivity contribution in [3.05, 3.63) is 70.9 Å². The Kier molecular flexibility index (Phi) is 13.4. The van der Waals surface area contributed by atoms with E-state index in [4.69, 9.17) is 12.6 Å². The van der Waals surface area contributed by atoms with Crippen LogP contribution in [0, 0.1) is 0 Å². The van der Waals surface area contributed by atoms with Crippen LogP contribution in [0.4, 0.5) is 0 Å². The maximum Gasteiger partial charge on any atom is 0.219 e. The zero-order chi connectivity index (χ0) is 25.5. The number of carbonyl (C=O) groups excluding carboxylic acids is 2. The number of aryl methyl sites for hydroxylation is 2. The number of fused-ring (bicyclic) bond motifs is 3. The van der Waals surface area contributed by atoms with E-state index in [1.165, 1.54) is 33.3 Å². The quantitative estimate of drug-likeness (QED) is 0.445. The summed E-state index contributed by atoms with van der Waals surface area (Å²) in [5.74, 6) is 0.156. The second-order valence-electron chi connectivity index (χ2n) is 7.62. The predicted molar refractivity (Wildman–Crippen MR) is 144 cm³/mol. The van der Waals surface area contributed by atoms with Crippen molar-refractivity contribution in [1.29, 1.82) is 0 Å². The molecule has 182 valence electrons. The molecule has 0 bridgehead atoms. The highest BCUT2D eigenvalue weighted by Gasteiger charge is 2.25. The van der Waals surface area contributed by atoms with Gasteiger partial charge in [0.05, 0.1) is 13.4 Å². The largest absolute Gasteiger partial charge is 0.362 e. The zero-order valence-corrected chi connectivity index (χ0v) is 21.7. The molecule has 2 radical (unpaired) electrons. The fourth-order valence-corrected chi connectivity index (χ4v) is 4.08. The van der Waals surface area contributed by atoms with Crippen LogP contribution in [0.15, 0.2) is 48.5 Å². The van der Waals surface area contributed by atoms with Gasteiger partial charge in [0.2, 0.25) is 12.3 Å². The van der Waals surface area contributed by atoms with Crippen LogP contribution in [0.3, 0.4) is 0 Å². The van der Waals surface area contributed by atoms with E-state index in [9.17, 15) is 4.79 Å². The van der Waals surface area contributed by atoms with Gasteiger partial charge in [-0.1, -0.05) is 75.6 Å². The first-order valence-electron chi connectivity index (χ1n) is 12.2. The van der Waals surface area contributed by atoms with Crippen molar-refractivity contribution < 1.29 is 9.59 Å². The Bertz CT molecular complexity index is 1020. The van der Waals surface area contributed by atoms with Crippen LogP contribution in [-0.2, 0) is 41.8 Å². The fourth-order valence-electron chi connectivity index (χ4n) is 4.08. The van der Waals surface area contributed by atoms with Crippen molar-refractivity contribution in [1.82, 2.24) is 14.8 Å². The lowest BCUT2D eigenvalue weighted by atomic mass is 9.94. The van der Waals surface area contributed by atoms with Crippen LogP contribution in [-0.4, -0.2) is 43.2 Å². The summed E-state index contributed by atoms with van der Waals surface area (Å²) in [6.45, 7) is 12.5. The summed E-state index contributed by atoms with van der Waals surface area (Å²) < 4.78 is 2.38. The van der Waals surface area contributed by atoms with Gasteiger partial charge in [-0.3, -0.25) is 9.59 Å². The number of rotatable bonds is 4. The Hall–Kier alpha value is -3.02. The summed E-state index contributed by atoms with van der Waals surface area (Å²) in [4.78, 5) is 22.6. The van der Waals surface area contributed by atoms with Crippen LogP contribution < -0.4 is 5.32 Å². The van der Waals surface area contributed by atoms with Gasteiger partial charge in [-0.25, -0.2) is 0 Å². The van der Waals surface area contributed by atoms with Gasteiger partial charge in [0.25, 0.3) is 0 Å². The van der Waals surface area contributed by atoms with E-state index < -0.39 is 0 Å². The smallest absolute Gasteiger partial charge is 0.219 e. The van der Waals surface area contributed by atoms with E-state index in [2.05, 4.69) is 66.2 Å². The van der Waals surface area contributed by atoms with Gasteiger partial charge < -0.3 is 14.8 Å². The zero-order valence-electron chi connectivity index (χ0n) is 21.7. The third-order valence-electron chi connectivity index (χ3n) is 5.71. The van der Waals surface area contributed by atoms with Gasteiger partial charge >= 0.3 is 0 Å². The van der Waals surface area contributed by atoms with E-state index in [1.807, 2.05) is 24.8 Å². The van der Waals surface area contributed by atoms with E-state index >= 15 is 0 Å². The first kappa shape index (κ1) is 29.0. The standard InChI is InChI=1S/C16H19BN2O.C8H10.C2H5NO.C2H6/c1-3-19-15-7-8-18(11(2)20)10-14(15)13-6-4-5-12(9-17)16(13)19;1-2-8-6-4-3-5-7-8;1-3-2-4;1-2/h4-6H,3,7-10H2,1-2H3;3-7H,2H2,1H3;2H,1H3,(H,3,4);1-2H3. The fraction of sp³-hybridized carbons (Fsp3) is 0.429. The molecule has 0 aliphatic carbocycles. The Balaban J connectivity index is 0.000000342. The molecule has 4 rings (SSSR count). The Labute approximate surface area is 206 Å². The molecule has 1 N–H and O–H groups in total. The Morgan fingerprint density at radius 3 is 2.21 bits per heavy atom. The summed E-state index contributed by atoms with van der Waals surface area (Å²) in [5.41, 5.74) is 6.54. The lowest BCUT2D eigenvalue weighted by molar-refractivity contribution is -0.129. The molecule has 0 saturated heterocycles. The summed E-state index contributed by atoms with van der Waals surface area (Å²) in [5, 5.41) is 3.51. The Morgan fingerprint density at radius 1 is 1.09 bits per heavy atom. The van der Waals surface area contributed by atoms with Crippen molar-refractivity contribution in [3.63, 3.8) is 0 Å². The lowest BCUT2D eigenvalue weighted by Crippen LogP contribution is -2.34. The van der Waals surface area contributed by atoms with Gasteiger partial charge in [-0.2, -0.15) is 0 Å². The van der Waals surface area contributed by atoms with Crippen LogP contribution in [0.1, 0.15) is 57.0 Å². The molecule has 3 aromatic rings. The van der Waals surface area contributed by atoms with Crippen LogP contribution in [0.25, 0.3) is 10.9 Å². The molecule has 0 fully saturated rings. The SMILES string of the molecule is CC.CCc1ccccc1.CNC=O.[B]Cc1cccc2c3c(n(CC)c12)CCN(C(C)=O)C3. The average Bonchev–Trinajstić information content (AvgIpc) is 3.23. The summed E-state index contributed by atoms with van der Waals surface area (Å²) in [6.07, 6.45) is 3.25. The number of para-hydroxylation sites is 1. The van der Waals surface area contributed by atoms with Crippen LogP contribution in [0.2, 0.25) is 0 Å². The number of hydrogen-bond acceptors (Lipinski definition) is 2. The van der Waals surface area contributed by atoms with Gasteiger partial charge in [0.15, 0.2) is 0 Å². The van der Waals surface area contributed by atoms with Crippen molar-refractivity contribution in [2.75, 3.05) is 13.6 Å². The van der Waals surface area contributed by atoms with Crippen LogP contribution in [0.5, 0.6) is 0 Å². The summed E-state index contributed by atoms with van der Waals surface area (Å²) >= 11 is 0. The minimum atomic E-state index is 0.156. The van der Waals surface area contributed by atoms with Crippen molar-refractivity contribution in [3.8, 4) is 0 Å². The third-order valence-corrected chi connectivity index (χ3v) is 5.71. The monoisotopic (exact) mass is 461 g/mol. The van der Waals surface area contributed by atoms with Gasteiger partial charge in [0, 0.05) is 56.7 Å². The van der Waals surface area contributed by atoms with Crippen molar-refractivity contribution in [2.24, 2.45) is 0 Å². The molecule has 34 heavy (non-hydrogen) atoms. The van der Waals surface area contributed by atoms with E-state index in [1.54, 1.807) is 14.0 Å². The number of amides is 2. The minimum Gasteiger partial charge on any atom is -0.362 e. The number of nitrogens with one attached hydrogen (secondary N) is 1. The molecule has 0 atom stereocenters. The highest BCUT2D eigenvalue weighted by atomic mass is 16.2. The predicted octanol–water partition coefficient (Wildman–Crippen LogP) is 4.87. The topological polar surface area (TPSA) is 54.3 Å². The molecular formula is C28H40BN3O2. The summed E-state index contributed by atoms with van der Waals surface area (Å²) in [7, 11) is 7.46. The second kappa shape index (κ2) is 15.8. The molecular weight excluding hydrogens is 421 g/mol. The maximum absolute atomic E-state index is 11.6. The molecule has 6 heteroatoms. The molecule has 1 aromatic heterocycles. The van der Waals surface area contributed by atoms with Gasteiger partial charge in [0.1, 0.15) is 0 Å². The number of hydrogen-bond donors (Lipinski definition) is 1. The van der Waals surface area contributed by atoms with E-state index in [0.29, 0.717) is 12.7 Å². The minimum absolute atomic E-state index is 0.156. The first-order chi connectivity index (χ1) is 16.5. The molecule has 0 spiro atoms. The van der Waals surface area contributed by atoms with Gasteiger partial charge in [-0.05, 0) is 24.5 Å². The highest BCUT2D eigenvalue weighted by Crippen LogP contribution is 2.33. The van der Waals surface area contributed by atoms with Gasteiger partial charge in [-0.15, -0.1) is 0 Å². The molecule has 2 heterocycles. The number of nitrogens with zero attached hydrogens (tertiary/aromatic N) is 2. The molecule has 0 saturated carbocycles. The van der Waals surface area contributed by atoms with Crippen molar-refractivity contribution >= 4 is 31.1 Å². The molecule has 1 aliphatic heterocycles. The number of aromatic nitrogens is 1. The molecule has 5 nitrogen and oxygen atoms in total. The average molecular weight is 461 g/mol.